The second-order valence-corrected chi connectivity index (χ2v) is 9.36. The fourth-order valence-corrected chi connectivity index (χ4v) is 5.02. The van der Waals surface area contributed by atoms with E-state index in [9.17, 15) is 17.6 Å². The summed E-state index contributed by atoms with van der Waals surface area (Å²) in [6.07, 6.45) is -0.212. The van der Waals surface area contributed by atoms with Gasteiger partial charge in [-0.3, -0.25) is 4.79 Å². The Morgan fingerprint density at radius 3 is 2.57 bits per heavy atom. The van der Waals surface area contributed by atoms with Crippen LogP contribution in [0.25, 0.3) is 21.0 Å². The van der Waals surface area contributed by atoms with Gasteiger partial charge in [0.05, 0.1) is 20.9 Å². The Morgan fingerprint density at radius 1 is 1.04 bits per heavy atom. The largest absolute Gasteiger partial charge is 0.302 e. The van der Waals surface area contributed by atoms with Gasteiger partial charge in [-0.25, -0.2) is 17.8 Å². The van der Waals surface area contributed by atoms with Crippen LogP contribution in [-0.4, -0.2) is 25.1 Å². The molecule has 1 heterocycles. The van der Waals surface area contributed by atoms with Gasteiger partial charge in [-0.2, -0.15) is 0 Å². The highest BCUT2D eigenvalue weighted by Gasteiger charge is 2.17. The number of hydrogen-bond donors (Lipinski definition) is 1. The molecular weight excluding hydrogens is 399 g/mol. The van der Waals surface area contributed by atoms with Crippen molar-refractivity contribution in [2.75, 3.05) is 11.1 Å². The molecule has 0 radical (unpaired) electrons. The third-order valence-electron chi connectivity index (χ3n) is 4.30. The average molecular weight is 414 g/mol. The van der Waals surface area contributed by atoms with Gasteiger partial charge < -0.3 is 5.32 Å². The molecule has 0 bridgehead atoms. The molecule has 1 N–H and O–H groups in total. The summed E-state index contributed by atoms with van der Waals surface area (Å²) in [7, 11) is -3.66. The number of sulfone groups is 1. The summed E-state index contributed by atoms with van der Waals surface area (Å²) in [5.41, 5.74) is 0.803. The topological polar surface area (TPSA) is 76.1 Å². The number of carbonyl (C=O) groups is 1. The maximum Gasteiger partial charge on any atom is 0.227 e. The molecule has 0 unspecified atom stereocenters. The first-order valence-electron chi connectivity index (χ1n) is 8.49. The highest BCUT2D eigenvalue weighted by molar-refractivity contribution is 7.91. The van der Waals surface area contributed by atoms with Gasteiger partial charge in [0.1, 0.15) is 5.82 Å². The van der Waals surface area contributed by atoms with Crippen molar-refractivity contribution in [2.45, 2.75) is 11.3 Å². The number of amides is 1. The van der Waals surface area contributed by atoms with Crippen molar-refractivity contribution in [1.29, 1.82) is 0 Å². The minimum atomic E-state index is -3.66. The van der Waals surface area contributed by atoms with Gasteiger partial charge in [-0.15, -0.1) is 0 Å². The summed E-state index contributed by atoms with van der Waals surface area (Å²) < 4.78 is 38.4. The van der Waals surface area contributed by atoms with Crippen molar-refractivity contribution < 1.29 is 17.6 Å². The van der Waals surface area contributed by atoms with Gasteiger partial charge in [0.2, 0.25) is 5.91 Å². The first-order valence-corrected chi connectivity index (χ1v) is 11.0. The fourth-order valence-electron chi connectivity index (χ4n) is 2.88. The molecule has 0 spiro atoms. The normalized spacial score (nSPS) is 11.8. The van der Waals surface area contributed by atoms with Crippen LogP contribution in [0.5, 0.6) is 0 Å². The van der Waals surface area contributed by atoms with E-state index in [-0.39, 0.29) is 17.1 Å². The second-order valence-electron chi connectivity index (χ2n) is 6.22. The number of anilines is 1. The SMILES string of the molecule is O=C(CCS(=O)(=O)c1ccc(F)cc1)Nc1nc2c(ccc3ccccc32)s1. The van der Waals surface area contributed by atoms with Gasteiger partial charge in [0, 0.05) is 11.8 Å². The number of hydrogen-bond acceptors (Lipinski definition) is 5. The molecule has 8 heteroatoms. The van der Waals surface area contributed by atoms with Gasteiger partial charge in [0.25, 0.3) is 0 Å². The Labute approximate surface area is 164 Å². The summed E-state index contributed by atoms with van der Waals surface area (Å²) in [5.74, 6) is -1.31. The van der Waals surface area contributed by atoms with E-state index in [1.165, 1.54) is 23.5 Å². The van der Waals surface area contributed by atoms with Crippen LogP contribution in [0.1, 0.15) is 6.42 Å². The number of benzene rings is 3. The number of nitrogens with zero attached hydrogens (tertiary/aromatic N) is 1. The van der Waals surface area contributed by atoms with Gasteiger partial charge in [0.15, 0.2) is 15.0 Å². The smallest absolute Gasteiger partial charge is 0.227 e. The molecule has 1 amide bonds. The summed E-state index contributed by atoms with van der Waals surface area (Å²) in [6, 6.07) is 16.3. The molecule has 28 heavy (non-hydrogen) atoms. The molecule has 0 saturated carbocycles. The lowest BCUT2D eigenvalue weighted by Gasteiger charge is -2.04. The van der Waals surface area contributed by atoms with E-state index in [2.05, 4.69) is 10.3 Å². The number of aromatic nitrogens is 1. The minimum absolute atomic E-state index is 0.00634. The van der Waals surface area contributed by atoms with Crippen LogP contribution in [0.4, 0.5) is 9.52 Å². The van der Waals surface area contributed by atoms with Crippen LogP contribution in [0.3, 0.4) is 0 Å². The van der Waals surface area contributed by atoms with Crippen LogP contribution < -0.4 is 5.32 Å². The molecule has 0 saturated heterocycles. The second kappa shape index (κ2) is 7.29. The van der Waals surface area contributed by atoms with Crippen LogP contribution in [-0.2, 0) is 14.6 Å². The van der Waals surface area contributed by atoms with E-state index < -0.39 is 21.6 Å². The van der Waals surface area contributed by atoms with E-state index in [4.69, 9.17) is 0 Å². The molecule has 4 aromatic rings. The lowest BCUT2D eigenvalue weighted by molar-refractivity contribution is -0.115. The molecule has 4 rings (SSSR count). The third kappa shape index (κ3) is 3.74. The van der Waals surface area contributed by atoms with Crippen molar-refractivity contribution >= 4 is 53.2 Å². The Bertz CT molecular complexity index is 1280. The highest BCUT2D eigenvalue weighted by atomic mass is 32.2. The molecule has 3 aromatic carbocycles. The quantitative estimate of drug-likeness (QED) is 0.492. The van der Waals surface area contributed by atoms with Gasteiger partial charge in [-0.1, -0.05) is 41.7 Å². The lowest BCUT2D eigenvalue weighted by atomic mass is 10.1. The molecule has 0 fully saturated rings. The Morgan fingerprint density at radius 2 is 1.79 bits per heavy atom. The van der Waals surface area contributed by atoms with Gasteiger partial charge >= 0.3 is 0 Å². The molecule has 0 atom stereocenters. The molecule has 1 aromatic heterocycles. The van der Waals surface area contributed by atoms with Crippen molar-refractivity contribution in [3.8, 4) is 0 Å². The van der Waals surface area contributed by atoms with Crippen LogP contribution in [0.2, 0.25) is 0 Å². The van der Waals surface area contributed by atoms with E-state index in [0.717, 1.165) is 33.1 Å². The van der Waals surface area contributed by atoms with E-state index >= 15 is 0 Å². The molecule has 5 nitrogen and oxygen atoms in total. The van der Waals surface area contributed by atoms with Crippen LogP contribution >= 0.6 is 11.3 Å². The van der Waals surface area contributed by atoms with E-state index in [0.29, 0.717) is 5.13 Å². The maximum atomic E-state index is 13.0. The highest BCUT2D eigenvalue weighted by Crippen LogP contribution is 2.31. The third-order valence-corrected chi connectivity index (χ3v) is 6.97. The Balaban J connectivity index is 1.48. The van der Waals surface area contributed by atoms with Crippen molar-refractivity contribution in [3.63, 3.8) is 0 Å². The monoisotopic (exact) mass is 414 g/mol. The van der Waals surface area contributed by atoms with Crippen molar-refractivity contribution in [1.82, 2.24) is 4.98 Å². The Kier molecular flexibility index (Phi) is 4.82. The van der Waals surface area contributed by atoms with E-state index in [1.807, 2.05) is 36.4 Å². The number of nitrogens with one attached hydrogen (secondary N) is 1. The number of rotatable bonds is 5. The molecule has 142 valence electrons. The average Bonchev–Trinajstić information content (AvgIpc) is 3.10. The summed E-state index contributed by atoms with van der Waals surface area (Å²) in [5, 5.41) is 5.15. The predicted octanol–water partition coefficient (Wildman–Crippen LogP) is 4.39. The molecule has 0 aliphatic heterocycles. The van der Waals surface area contributed by atoms with Crippen LogP contribution in [0.15, 0.2) is 65.6 Å². The number of thiazole rings is 1. The molecule has 0 aliphatic carbocycles. The van der Waals surface area contributed by atoms with Gasteiger partial charge in [-0.05, 0) is 35.7 Å². The van der Waals surface area contributed by atoms with Crippen LogP contribution in [0, 0.1) is 5.82 Å². The minimum Gasteiger partial charge on any atom is -0.302 e. The molecular formula is C20H15FN2O3S2. The van der Waals surface area contributed by atoms with Crippen molar-refractivity contribution in [3.05, 3.63) is 66.5 Å². The standard InChI is InChI=1S/C20H15FN2O3S2/c21-14-6-8-15(9-7-14)28(25,26)12-11-18(24)22-20-23-19-16-4-2-1-3-13(16)5-10-17(19)27-20/h1-10H,11-12H2,(H,22,23,24). The first kappa shape index (κ1) is 18.5. The number of carbonyl (C=O) groups excluding carboxylic acids is 1. The zero-order chi connectivity index (χ0) is 19.7. The predicted molar refractivity (Wildman–Crippen MR) is 109 cm³/mol. The first-order chi connectivity index (χ1) is 13.4. The zero-order valence-corrected chi connectivity index (χ0v) is 16.2. The summed E-state index contributed by atoms with van der Waals surface area (Å²) in [6.45, 7) is 0. The zero-order valence-electron chi connectivity index (χ0n) is 14.6. The summed E-state index contributed by atoms with van der Waals surface area (Å²) in [4.78, 5) is 16.7. The Hall–Kier alpha value is -2.84. The molecule has 0 aliphatic rings. The summed E-state index contributed by atoms with van der Waals surface area (Å²) >= 11 is 1.34. The lowest BCUT2D eigenvalue weighted by Crippen LogP contribution is -2.17. The maximum absolute atomic E-state index is 13.0. The number of fused-ring (bicyclic) bond motifs is 3. The van der Waals surface area contributed by atoms with Crippen molar-refractivity contribution in [2.24, 2.45) is 0 Å². The van der Waals surface area contributed by atoms with E-state index in [1.54, 1.807) is 0 Å². The number of halogens is 1. The fraction of sp³-hybridized carbons (Fsp3) is 0.100.